The van der Waals surface area contributed by atoms with Crippen LogP contribution in [-0.2, 0) is 21.2 Å². The first-order valence-corrected chi connectivity index (χ1v) is 6.59. The van der Waals surface area contributed by atoms with Crippen LogP contribution in [-0.4, -0.2) is 24.2 Å². The first-order valence-electron chi connectivity index (χ1n) is 5.10. The van der Waals surface area contributed by atoms with Gasteiger partial charge in [-0.1, -0.05) is 6.07 Å². The molecular weight excluding hydrogens is 242 g/mol. The Balaban J connectivity index is 2.71. The zero-order valence-corrected chi connectivity index (χ0v) is 10.3. The molecule has 92 valence electrons. The van der Waals surface area contributed by atoms with Crippen molar-refractivity contribution in [2.45, 2.75) is 30.1 Å². The monoisotopic (exact) mass is 255 g/mol. The third kappa shape index (κ3) is 1.56. The van der Waals surface area contributed by atoms with E-state index in [4.69, 9.17) is 5.11 Å². The Hall–Kier alpha value is -1.40. The quantitative estimate of drug-likeness (QED) is 0.773. The SMILES string of the molecule is CC1(C)C(=O)Nc2cc(CO)ccc2S1(=O)=O. The summed E-state index contributed by atoms with van der Waals surface area (Å²) in [5.41, 5.74) is 0.792. The minimum Gasteiger partial charge on any atom is -0.392 e. The third-order valence-corrected chi connectivity index (χ3v) is 5.45. The fourth-order valence-electron chi connectivity index (χ4n) is 1.68. The van der Waals surface area contributed by atoms with Gasteiger partial charge in [-0.3, -0.25) is 4.79 Å². The Kier molecular flexibility index (Phi) is 2.52. The maximum absolute atomic E-state index is 12.2. The highest BCUT2D eigenvalue weighted by atomic mass is 32.2. The molecule has 0 saturated heterocycles. The van der Waals surface area contributed by atoms with Crippen molar-refractivity contribution in [3.05, 3.63) is 23.8 Å². The minimum atomic E-state index is -3.69. The summed E-state index contributed by atoms with van der Waals surface area (Å²) in [5.74, 6) is -0.555. The van der Waals surface area contributed by atoms with E-state index in [1.165, 1.54) is 32.0 Å². The van der Waals surface area contributed by atoms with Crippen LogP contribution in [0, 0.1) is 0 Å². The second-order valence-electron chi connectivity index (χ2n) is 4.46. The Bertz CT molecular complexity index is 589. The molecule has 0 saturated carbocycles. The minimum absolute atomic E-state index is 0.0966. The molecule has 1 amide bonds. The summed E-state index contributed by atoms with van der Waals surface area (Å²) in [6, 6.07) is 4.42. The predicted octanol–water partition coefficient (Wildman–Crippen LogP) is 0.683. The average Bonchev–Trinajstić information content (AvgIpc) is 2.26. The molecule has 1 aliphatic rings. The second kappa shape index (κ2) is 3.54. The van der Waals surface area contributed by atoms with E-state index in [0.29, 0.717) is 5.56 Å². The molecule has 0 radical (unpaired) electrons. The van der Waals surface area contributed by atoms with Gasteiger partial charge in [0.25, 0.3) is 0 Å². The molecule has 1 aromatic carbocycles. The average molecular weight is 255 g/mol. The lowest BCUT2D eigenvalue weighted by Gasteiger charge is -2.30. The summed E-state index contributed by atoms with van der Waals surface area (Å²) in [4.78, 5) is 11.8. The molecule has 6 heteroatoms. The van der Waals surface area contributed by atoms with E-state index in [-0.39, 0.29) is 17.2 Å². The Labute approximate surface area is 99.4 Å². The van der Waals surface area contributed by atoms with Gasteiger partial charge in [0, 0.05) is 0 Å². The molecule has 0 spiro atoms. The van der Waals surface area contributed by atoms with Gasteiger partial charge in [-0.25, -0.2) is 8.42 Å². The normalized spacial score (nSPS) is 20.5. The van der Waals surface area contributed by atoms with Crippen molar-refractivity contribution < 1.29 is 18.3 Å². The number of amides is 1. The van der Waals surface area contributed by atoms with Crippen molar-refractivity contribution in [3.8, 4) is 0 Å². The van der Waals surface area contributed by atoms with E-state index in [1.807, 2.05) is 0 Å². The van der Waals surface area contributed by atoms with Crippen LogP contribution in [0.2, 0.25) is 0 Å². The lowest BCUT2D eigenvalue weighted by Crippen LogP contribution is -2.48. The van der Waals surface area contributed by atoms with E-state index in [1.54, 1.807) is 0 Å². The smallest absolute Gasteiger partial charge is 0.245 e. The third-order valence-electron chi connectivity index (χ3n) is 2.98. The maximum atomic E-state index is 12.2. The number of carbonyl (C=O) groups excluding carboxylic acids is 1. The highest BCUT2D eigenvalue weighted by Crippen LogP contribution is 2.36. The summed E-state index contributed by atoms with van der Waals surface area (Å²) < 4.78 is 23.0. The van der Waals surface area contributed by atoms with Gasteiger partial charge in [-0.15, -0.1) is 0 Å². The molecule has 0 aromatic heterocycles. The van der Waals surface area contributed by atoms with Gasteiger partial charge in [-0.2, -0.15) is 0 Å². The van der Waals surface area contributed by atoms with E-state index in [2.05, 4.69) is 5.32 Å². The van der Waals surface area contributed by atoms with Crippen LogP contribution in [0.25, 0.3) is 0 Å². The summed E-state index contributed by atoms with van der Waals surface area (Å²) in [5, 5.41) is 11.5. The van der Waals surface area contributed by atoms with Gasteiger partial charge in [0.15, 0.2) is 9.84 Å². The molecule has 1 heterocycles. The molecule has 17 heavy (non-hydrogen) atoms. The first kappa shape index (κ1) is 12.1. The molecule has 1 aliphatic heterocycles. The molecule has 0 bridgehead atoms. The van der Waals surface area contributed by atoms with Crippen LogP contribution in [0.3, 0.4) is 0 Å². The number of aliphatic hydroxyl groups is 1. The molecule has 0 fully saturated rings. The van der Waals surface area contributed by atoms with Crippen LogP contribution in [0.4, 0.5) is 5.69 Å². The number of aliphatic hydroxyl groups excluding tert-OH is 1. The van der Waals surface area contributed by atoms with Crippen molar-refractivity contribution in [1.82, 2.24) is 0 Å². The lowest BCUT2D eigenvalue weighted by atomic mass is 10.1. The van der Waals surface area contributed by atoms with Gasteiger partial charge in [0.05, 0.1) is 17.2 Å². The number of nitrogens with one attached hydrogen (secondary N) is 1. The zero-order valence-electron chi connectivity index (χ0n) is 9.52. The van der Waals surface area contributed by atoms with Crippen molar-refractivity contribution in [2.24, 2.45) is 0 Å². The van der Waals surface area contributed by atoms with Crippen LogP contribution in [0.15, 0.2) is 23.1 Å². The number of carbonyl (C=O) groups is 1. The Morgan fingerprint density at radius 1 is 1.35 bits per heavy atom. The molecule has 0 aliphatic carbocycles. The summed E-state index contributed by atoms with van der Waals surface area (Å²) in [6.07, 6.45) is 0. The second-order valence-corrected chi connectivity index (χ2v) is 6.92. The van der Waals surface area contributed by atoms with E-state index >= 15 is 0 Å². The Morgan fingerprint density at radius 3 is 2.59 bits per heavy atom. The number of hydrogen-bond donors (Lipinski definition) is 2. The van der Waals surface area contributed by atoms with Crippen molar-refractivity contribution in [2.75, 3.05) is 5.32 Å². The number of rotatable bonds is 1. The molecule has 1 aromatic rings. The first-order chi connectivity index (χ1) is 7.80. The number of hydrogen-bond acceptors (Lipinski definition) is 4. The van der Waals surface area contributed by atoms with Crippen LogP contribution in [0.5, 0.6) is 0 Å². The molecule has 0 unspecified atom stereocenters. The molecular formula is C11H13NO4S. The standard InChI is InChI=1S/C11H13NO4S/c1-11(2)10(14)12-8-5-7(6-13)3-4-9(8)17(11,15)16/h3-5,13H,6H2,1-2H3,(H,12,14). The molecule has 5 nitrogen and oxygen atoms in total. The van der Waals surface area contributed by atoms with Crippen molar-refractivity contribution in [1.29, 1.82) is 0 Å². The summed E-state index contributed by atoms with van der Waals surface area (Å²) in [7, 11) is -3.69. The van der Waals surface area contributed by atoms with Crippen LogP contribution in [0.1, 0.15) is 19.4 Å². The fourth-order valence-corrected chi connectivity index (χ4v) is 3.17. The molecule has 2 N–H and O–H groups in total. The van der Waals surface area contributed by atoms with Gasteiger partial charge in [0.2, 0.25) is 5.91 Å². The lowest BCUT2D eigenvalue weighted by molar-refractivity contribution is -0.118. The van der Waals surface area contributed by atoms with Gasteiger partial charge < -0.3 is 10.4 Å². The number of fused-ring (bicyclic) bond motifs is 1. The molecule has 0 atom stereocenters. The fraction of sp³-hybridized carbons (Fsp3) is 0.364. The topological polar surface area (TPSA) is 83.5 Å². The van der Waals surface area contributed by atoms with Crippen LogP contribution < -0.4 is 5.32 Å². The summed E-state index contributed by atoms with van der Waals surface area (Å²) >= 11 is 0. The van der Waals surface area contributed by atoms with Crippen LogP contribution >= 0.6 is 0 Å². The van der Waals surface area contributed by atoms with Crippen molar-refractivity contribution in [3.63, 3.8) is 0 Å². The van der Waals surface area contributed by atoms with E-state index in [0.717, 1.165) is 0 Å². The van der Waals surface area contributed by atoms with Gasteiger partial charge in [0.1, 0.15) is 4.75 Å². The molecule has 2 rings (SSSR count). The largest absolute Gasteiger partial charge is 0.392 e. The number of anilines is 1. The highest BCUT2D eigenvalue weighted by Gasteiger charge is 2.47. The van der Waals surface area contributed by atoms with E-state index in [9.17, 15) is 13.2 Å². The number of benzene rings is 1. The zero-order chi connectivity index (χ0) is 12.8. The predicted molar refractivity (Wildman–Crippen MR) is 62.3 cm³/mol. The van der Waals surface area contributed by atoms with Crippen molar-refractivity contribution >= 4 is 21.4 Å². The maximum Gasteiger partial charge on any atom is 0.245 e. The summed E-state index contributed by atoms with van der Waals surface area (Å²) in [6.45, 7) is 2.55. The van der Waals surface area contributed by atoms with Gasteiger partial charge in [-0.05, 0) is 31.5 Å². The Morgan fingerprint density at radius 2 is 2.00 bits per heavy atom. The number of sulfone groups is 1. The van der Waals surface area contributed by atoms with Gasteiger partial charge >= 0.3 is 0 Å². The highest BCUT2D eigenvalue weighted by molar-refractivity contribution is 7.94. The van der Waals surface area contributed by atoms with E-state index < -0.39 is 20.5 Å².